The first kappa shape index (κ1) is 16.9. The molecule has 0 amide bonds. The number of aryl methyl sites for hydroxylation is 1. The number of benzene rings is 1. The van der Waals surface area contributed by atoms with Crippen molar-refractivity contribution in [1.29, 1.82) is 0 Å². The van der Waals surface area contributed by atoms with Gasteiger partial charge in [-0.2, -0.15) is 0 Å². The van der Waals surface area contributed by atoms with E-state index in [1.807, 2.05) is 6.92 Å². The lowest BCUT2D eigenvalue weighted by molar-refractivity contribution is 0.0477. The molecule has 0 saturated carbocycles. The fourth-order valence-electron chi connectivity index (χ4n) is 1.90. The molecule has 0 N–H and O–H groups in total. The number of esters is 1. The molecule has 23 heavy (non-hydrogen) atoms. The van der Waals surface area contributed by atoms with Crippen molar-refractivity contribution < 1.29 is 23.8 Å². The number of carbonyl (C=O) groups excluding carboxylic acids is 2. The highest BCUT2D eigenvalue weighted by atomic mass is 32.1. The molecular weight excluding hydrogens is 320 g/mol. The lowest BCUT2D eigenvalue weighted by Gasteiger charge is -2.10. The summed E-state index contributed by atoms with van der Waals surface area (Å²) in [4.78, 5) is 24.6. The first-order valence-electron chi connectivity index (χ1n) is 6.84. The van der Waals surface area contributed by atoms with Crippen LogP contribution in [0, 0.1) is 0 Å². The Labute approximate surface area is 137 Å². The summed E-state index contributed by atoms with van der Waals surface area (Å²) in [6.07, 6.45) is 0.568. The van der Waals surface area contributed by atoms with Crippen molar-refractivity contribution >= 4 is 23.3 Å². The van der Waals surface area contributed by atoms with Gasteiger partial charge >= 0.3 is 5.97 Å². The molecule has 2 rings (SSSR count). The van der Waals surface area contributed by atoms with Crippen LogP contribution in [0.3, 0.4) is 0 Å². The number of ketones is 1. The Hall–Kier alpha value is -2.48. The third-order valence-electron chi connectivity index (χ3n) is 3.12. The molecule has 0 radical (unpaired) electrons. The Morgan fingerprint density at radius 1 is 1.22 bits per heavy atom. The van der Waals surface area contributed by atoms with E-state index < -0.39 is 12.6 Å². The highest BCUT2D eigenvalue weighted by Crippen LogP contribution is 2.24. The van der Waals surface area contributed by atoms with Crippen LogP contribution in [-0.2, 0) is 11.2 Å². The molecule has 2 aromatic rings. The van der Waals surface area contributed by atoms with E-state index >= 15 is 0 Å². The van der Waals surface area contributed by atoms with E-state index in [9.17, 15) is 9.59 Å². The molecule has 0 saturated heterocycles. The Morgan fingerprint density at radius 3 is 2.65 bits per heavy atom. The minimum absolute atomic E-state index is 0.290. The quantitative estimate of drug-likeness (QED) is 0.565. The SMILES string of the molecule is CCc1nnsc1C(=O)OCC(=O)c1cc(OC)ccc1OC. The summed E-state index contributed by atoms with van der Waals surface area (Å²) in [5, 5.41) is 3.84. The fourth-order valence-corrected chi connectivity index (χ4v) is 2.55. The molecule has 122 valence electrons. The van der Waals surface area contributed by atoms with E-state index in [1.54, 1.807) is 18.2 Å². The maximum Gasteiger partial charge on any atom is 0.352 e. The Morgan fingerprint density at radius 2 is 2.00 bits per heavy atom. The molecule has 0 fully saturated rings. The number of ether oxygens (including phenoxy) is 3. The van der Waals surface area contributed by atoms with E-state index in [2.05, 4.69) is 9.59 Å². The first-order valence-corrected chi connectivity index (χ1v) is 7.61. The van der Waals surface area contributed by atoms with Gasteiger partial charge in [0.15, 0.2) is 11.5 Å². The number of Topliss-reactive ketones (excluding diaryl/α,β-unsaturated/α-hetero) is 1. The minimum Gasteiger partial charge on any atom is -0.497 e. The molecule has 8 heteroatoms. The summed E-state index contributed by atoms with van der Waals surface area (Å²) in [6.45, 7) is 1.46. The summed E-state index contributed by atoms with van der Waals surface area (Å²) in [5.41, 5.74) is 0.851. The molecule has 0 aliphatic rings. The zero-order valence-electron chi connectivity index (χ0n) is 13.0. The maximum atomic E-state index is 12.3. The van der Waals surface area contributed by atoms with E-state index in [0.29, 0.717) is 28.5 Å². The zero-order valence-corrected chi connectivity index (χ0v) is 13.8. The third-order valence-corrected chi connectivity index (χ3v) is 3.87. The normalized spacial score (nSPS) is 10.2. The Balaban J connectivity index is 2.09. The molecule has 1 aromatic carbocycles. The van der Waals surface area contributed by atoms with Crippen molar-refractivity contribution in [3.63, 3.8) is 0 Å². The van der Waals surface area contributed by atoms with Crippen molar-refractivity contribution in [2.24, 2.45) is 0 Å². The third kappa shape index (κ3) is 3.84. The van der Waals surface area contributed by atoms with Crippen LogP contribution in [0.4, 0.5) is 0 Å². The number of hydrogen-bond acceptors (Lipinski definition) is 8. The van der Waals surface area contributed by atoms with E-state index in [1.165, 1.54) is 14.2 Å². The van der Waals surface area contributed by atoms with Gasteiger partial charge in [0.25, 0.3) is 0 Å². The summed E-state index contributed by atoms with van der Waals surface area (Å²) < 4.78 is 19.0. The Bertz CT molecular complexity index is 714. The topological polar surface area (TPSA) is 87.6 Å². The summed E-state index contributed by atoms with van der Waals surface area (Å²) in [6, 6.07) is 4.84. The molecule has 1 aromatic heterocycles. The van der Waals surface area contributed by atoms with Gasteiger partial charge in [0.05, 0.1) is 25.5 Å². The number of nitrogens with zero attached hydrogens (tertiary/aromatic N) is 2. The Kier molecular flexibility index (Phi) is 5.64. The van der Waals surface area contributed by atoms with E-state index in [-0.39, 0.29) is 11.3 Å². The number of methoxy groups -OCH3 is 2. The molecule has 1 heterocycles. The average molecular weight is 336 g/mol. The van der Waals surface area contributed by atoms with Crippen LogP contribution in [0.5, 0.6) is 11.5 Å². The van der Waals surface area contributed by atoms with Gasteiger partial charge in [-0.1, -0.05) is 11.4 Å². The lowest BCUT2D eigenvalue weighted by Crippen LogP contribution is -2.15. The van der Waals surface area contributed by atoms with E-state index in [0.717, 1.165) is 11.5 Å². The lowest BCUT2D eigenvalue weighted by atomic mass is 10.1. The molecule has 0 aliphatic heterocycles. The number of rotatable bonds is 7. The van der Waals surface area contributed by atoms with Gasteiger partial charge in [0.1, 0.15) is 11.5 Å². The molecule has 0 bridgehead atoms. The molecule has 0 aliphatic carbocycles. The van der Waals surface area contributed by atoms with Crippen molar-refractivity contribution in [3.05, 3.63) is 34.3 Å². The van der Waals surface area contributed by atoms with Crippen LogP contribution in [0.25, 0.3) is 0 Å². The minimum atomic E-state index is -0.605. The second-order valence-electron chi connectivity index (χ2n) is 4.47. The average Bonchev–Trinajstić information content (AvgIpc) is 3.07. The van der Waals surface area contributed by atoms with Gasteiger partial charge in [-0.25, -0.2) is 4.79 Å². The summed E-state index contributed by atoms with van der Waals surface area (Å²) >= 11 is 0.952. The second kappa shape index (κ2) is 7.68. The zero-order chi connectivity index (χ0) is 16.8. The highest BCUT2D eigenvalue weighted by molar-refractivity contribution is 7.07. The molecule has 0 unspecified atom stereocenters. The summed E-state index contributed by atoms with van der Waals surface area (Å²) in [5.74, 6) is -0.0855. The predicted molar refractivity (Wildman–Crippen MR) is 83.4 cm³/mol. The van der Waals surface area contributed by atoms with Crippen molar-refractivity contribution in [2.75, 3.05) is 20.8 Å². The van der Waals surface area contributed by atoms with Gasteiger partial charge in [0, 0.05) is 0 Å². The van der Waals surface area contributed by atoms with Crippen molar-refractivity contribution in [3.8, 4) is 11.5 Å². The van der Waals surface area contributed by atoms with Crippen molar-refractivity contribution in [1.82, 2.24) is 9.59 Å². The van der Waals surface area contributed by atoms with Crippen LogP contribution in [0.1, 0.15) is 32.6 Å². The van der Waals surface area contributed by atoms with Crippen LogP contribution >= 0.6 is 11.5 Å². The summed E-state index contributed by atoms with van der Waals surface area (Å²) in [7, 11) is 2.96. The van der Waals surface area contributed by atoms with Crippen molar-refractivity contribution in [2.45, 2.75) is 13.3 Å². The van der Waals surface area contributed by atoms with E-state index in [4.69, 9.17) is 14.2 Å². The molecule has 7 nitrogen and oxygen atoms in total. The maximum absolute atomic E-state index is 12.3. The van der Waals surface area contributed by atoms with Gasteiger partial charge in [-0.05, 0) is 36.2 Å². The molecule has 0 spiro atoms. The van der Waals surface area contributed by atoms with Crippen LogP contribution in [-0.4, -0.2) is 42.2 Å². The monoisotopic (exact) mass is 336 g/mol. The predicted octanol–water partition coefficient (Wildman–Crippen LogP) is 2.16. The standard InChI is InChI=1S/C15H16N2O5S/c1-4-11-14(23-17-16-11)15(19)22-8-12(18)10-7-9(20-2)5-6-13(10)21-3/h5-7H,4,8H2,1-3H3. The smallest absolute Gasteiger partial charge is 0.352 e. The number of aromatic nitrogens is 2. The molecular formula is C15H16N2O5S. The van der Waals surface area contributed by atoms with Crippen LogP contribution in [0.2, 0.25) is 0 Å². The fraction of sp³-hybridized carbons (Fsp3) is 0.333. The van der Waals surface area contributed by atoms with Gasteiger partial charge < -0.3 is 14.2 Å². The van der Waals surface area contributed by atoms with Gasteiger partial charge in [-0.15, -0.1) is 5.10 Å². The number of carbonyl (C=O) groups is 2. The largest absolute Gasteiger partial charge is 0.497 e. The second-order valence-corrected chi connectivity index (χ2v) is 5.22. The highest BCUT2D eigenvalue weighted by Gasteiger charge is 2.20. The van der Waals surface area contributed by atoms with Gasteiger partial charge in [0.2, 0.25) is 5.78 Å². The first-order chi connectivity index (χ1) is 11.1. The molecule has 0 atom stereocenters. The number of hydrogen-bond donors (Lipinski definition) is 0. The van der Waals surface area contributed by atoms with Gasteiger partial charge in [-0.3, -0.25) is 4.79 Å². The van der Waals surface area contributed by atoms with Crippen LogP contribution in [0.15, 0.2) is 18.2 Å². The van der Waals surface area contributed by atoms with Crippen LogP contribution < -0.4 is 9.47 Å².